The monoisotopic (exact) mass is 319 g/mol. The van der Waals surface area contributed by atoms with E-state index >= 15 is 0 Å². The van der Waals surface area contributed by atoms with Crippen molar-refractivity contribution < 1.29 is 8.92 Å². The Balaban J connectivity index is 2.15. The van der Waals surface area contributed by atoms with Crippen molar-refractivity contribution in [1.29, 1.82) is 0 Å². The molecule has 0 N–H and O–H groups in total. The predicted molar refractivity (Wildman–Crippen MR) is 87.1 cm³/mol. The van der Waals surface area contributed by atoms with Gasteiger partial charge in [-0.05, 0) is 44.2 Å². The molecule has 0 spiro atoms. The quantitative estimate of drug-likeness (QED) is 0.650. The van der Waals surface area contributed by atoms with Gasteiger partial charge in [-0.1, -0.05) is 11.6 Å². The van der Waals surface area contributed by atoms with Crippen LogP contribution in [0.5, 0.6) is 11.5 Å². The summed E-state index contributed by atoms with van der Waals surface area (Å²) >= 11 is 9.74. The van der Waals surface area contributed by atoms with Crippen molar-refractivity contribution in [3.63, 3.8) is 0 Å². The molecule has 0 unspecified atom stereocenters. The predicted octanol–water partition coefficient (Wildman–Crippen LogP) is 4.56. The highest BCUT2D eigenvalue weighted by Gasteiger charge is 2.28. The Bertz CT molecular complexity index is 711. The van der Waals surface area contributed by atoms with Gasteiger partial charge in [0.25, 0.3) is 0 Å². The van der Waals surface area contributed by atoms with Crippen LogP contribution in [-0.2, 0) is 0 Å². The summed E-state index contributed by atoms with van der Waals surface area (Å²) in [5, 5.41) is 0.615. The molecule has 0 atom stereocenters. The maximum Gasteiger partial charge on any atom is 0.140 e. The largest absolute Gasteiger partial charge is 0.483 e. The molecule has 108 valence electrons. The van der Waals surface area contributed by atoms with Crippen LogP contribution in [0.4, 0.5) is 0 Å². The van der Waals surface area contributed by atoms with Gasteiger partial charge in [-0.25, -0.2) is 0 Å². The smallest absolute Gasteiger partial charge is 0.140 e. The van der Waals surface area contributed by atoms with Crippen LogP contribution in [0.2, 0.25) is 5.02 Å². The summed E-state index contributed by atoms with van der Waals surface area (Å²) in [5.74, 6) is 1.39. The first-order valence-corrected chi connectivity index (χ1v) is 7.22. The molecular formula is C16H14ClNO2S. The Morgan fingerprint density at radius 1 is 1.24 bits per heavy atom. The van der Waals surface area contributed by atoms with Crippen molar-refractivity contribution in [2.75, 3.05) is 0 Å². The number of aromatic nitrogens is 1. The van der Waals surface area contributed by atoms with Crippen LogP contribution in [-0.4, -0.2) is 10.6 Å². The first kappa shape index (κ1) is 14.3. The van der Waals surface area contributed by atoms with Crippen molar-refractivity contribution >= 4 is 30.1 Å². The van der Waals surface area contributed by atoms with Gasteiger partial charge in [0.2, 0.25) is 0 Å². The molecule has 2 heterocycles. The van der Waals surface area contributed by atoms with Crippen LogP contribution in [0, 0.1) is 0 Å². The van der Waals surface area contributed by atoms with Crippen molar-refractivity contribution in [3.8, 4) is 11.5 Å². The molecule has 1 aliphatic rings. The van der Waals surface area contributed by atoms with Crippen LogP contribution in [0.1, 0.15) is 25.1 Å². The minimum Gasteiger partial charge on any atom is -0.483 e. The topological polar surface area (TPSA) is 31.4 Å². The summed E-state index contributed by atoms with van der Waals surface area (Å²) < 4.78 is 11.0. The van der Waals surface area contributed by atoms with Crippen LogP contribution < -0.4 is 8.92 Å². The number of rotatable bonds is 2. The second-order valence-electron chi connectivity index (χ2n) is 5.37. The summed E-state index contributed by atoms with van der Waals surface area (Å²) in [6.45, 7) is 4.00. The van der Waals surface area contributed by atoms with E-state index in [0.29, 0.717) is 10.8 Å². The zero-order chi connectivity index (χ0) is 15.0. The average molecular weight is 320 g/mol. The van der Waals surface area contributed by atoms with E-state index in [1.807, 2.05) is 44.2 Å². The fraction of sp³-hybridized carbons (Fsp3) is 0.188. The van der Waals surface area contributed by atoms with Crippen LogP contribution in [0.25, 0.3) is 5.57 Å². The summed E-state index contributed by atoms with van der Waals surface area (Å²) in [5.41, 5.74) is 2.41. The molecule has 1 aliphatic heterocycles. The number of nitrogens with zero attached hydrogens (tertiary/aromatic N) is 1. The van der Waals surface area contributed by atoms with E-state index in [4.69, 9.17) is 20.5 Å². The first-order valence-electron chi connectivity index (χ1n) is 6.48. The number of fused-ring (bicyclic) bond motifs is 1. The maximum absolute atomic E-state index is 5.99. The molecule has 1 aromatic carbocycles. The summed E-state index contributed by atoms with van der Waals surface area (Å²) in [4.78, 5) is 4.41. The molecule has 5 heteroatoms. The van der Waals surface area contributed by atoms with E-state index in [0.717, 1.165) is 22.6 Å². The molecule has 0 saturated carbocycles. The number of benzene rings is 1. The fourth-order valence-corrected chi connectivity index (χ4v) is 2.58. The lowest BCUT2D eigenvalue weighted by Gasteiger charge is -2.31. The van der Waals surface area contributed by atoms with Gasteiger partial charge in [0, 0.05) is 36.3 Å². The summed E-state index contributed by atoms with van der Waals surface area (Å²) in [6, 6.07) is 9.35. The van der Waals surface area contributed by atoms with Crippen LogP contribution in [0.15, 0.2) is 42.6 Å². The molecule has 0 amide bonds. The van der Waals surface area contributed by atoms with Gasteiger partial charge in [-0.2, -0.15) is 0 Å². The molecule has 0 fully saturated rings. The van der Waals surface area contributed by atoms with Crippen LogP contribution >= 0.6 is 24.5 Å². The molecule has 0 bridgehead atoms. The first-order chi connectivity index (χ1) is 9.98. The molecule has 1 aromatic heterocycles. The SMILES string of the molecule is CC1(C)C=C(c2ccc(Cl)cn2)c2ccc(OS)cc2O1. The highest BCUT2D eigenvalue weighted by atomic mass is 35.5. The summed E-state index contributed by atoms with van der Waals surface area (Å²) in [7, 11) is 0. The molecule has 21 heavy (non-hydrogen) atoms. The van der Waals surface area contributed by atoms with E-state index in [-0.39, 0.29) is 0 Å². The minimum atomic E-state index is -0.432. The molecule has 2 aromatic rings. The van der Waals surface area contributed by atoms with E-state index in [2.05, 4.69) is 24.0 Å². The molecule has 3 rings (SSSR count). The van der Waals surface area contributed by atoms with E-state index in [1.54, 1.807) is 6.20 Å². The standard InChI is InChI=1S/C16H14ClNO2S/c1-16(2)8-13(14-6-3-10(17)9-18-14)12-5-4-11(20-21)7-15(12)19-16/h3-9,21H,1-2H3. The van der Waals surface area contributed by atoms with Gasteiger partial charge < -0.3 is 8.92 Å². The average Bonchev–Trinajstić information content (AvgIpc) is 2.45. The minimum absolute atomic E-state index is 0.432. The number of pyridine rings is 1. The lowest BCUT2D eigenvalue weighted by atomic mass is 9.92. The molecule has 0 aliphatic carbocycles. The van der Waals surface area contributed by atoms with E-state index in [1.165, 1.54) is 0 Å². The van der Waals surface area contributed by atoms with Gasteiger partial charge in [0.1, 0.15) is 17.1 Å². The second kappa shape index (κ2) is 5.28. The van der Waals surface area contributed by atoms with E-state index in [9.17, 15) is 0 Å². The van der Waals surface area contributed by atoms with Crippen molar-refractivity contribution in [2.24, 2.45) is 0 Å². The van der Waals surface area contributed by atoms with Crippen molar-refractivity contribution in [2.45, 2.75) is 19.4 Å². The van der Waals surface area contributed by atoms with E-state index < -0.39 is 5.60 Å². The second-order valence-corrected chi connectivity index (χ2v) is 5.99. The van der Waals surface area contributed by atoms with Gasteiger partial charge in [0.05, 0.1) is 10.7 Å². The Kier molecular flexibility index (Phi) is 3.59. The Labute approximate surface area is 134 Å². The van der Waals surface area contributed by atoms with Crippen molar-refractivity contribution in [1.82, 2.24) is 4.98 Å². The lowest BCUT2D eigenvalue weighted by molar-refractivity contribution is 0.158. The lowest BCUT2D eigenvalue weighted by Crippen LogP contribution is -2.29. The number of halogens is 1. The Morgan fingerprint density at radius 2 is 2.05 bits per heavy atom. The Morgan fingerprint density at radius 3 is 2.71 bits per heavy atom. The number of ether oxygens (including phenoxy) is 1. The molecule has 0 saturated heterocycles. The number of hydrogen-bond acceptors (Lipinski definition) is 4. The Hall–Kier alpha value is -1.65. The van der Waals surface area contributed by atoms with Gasteiger partial charge >= 0.3 is 0 Å². The van der Waals surface area contributed by atoms with Crippen molar-refractivity contribution in [3.05, 3.63) is 58.9 Å². The van der Waals surface area contributed by atoms with Gasteiger partial charge in [-0.3, -0.25) is 4.98 Å². The van der Waals surface area contributed by atoms with Gasteiger partial charge in [0.15, 0.2) is 0 Å². The molecule has 0 radical (unpaired) electrons. The fourth-order valence-electron chi connectivity index (χ4n) is 2.35. The highest BCUT2D eigenvalue weighted by Crippen LogP contribution is 2.40. The normalized spacial score (nSPS) is 15.7. The zero-order valence-electron chi connectivity index (χ0n) is 11.6. The molecule has 3 nitrogen and oxygen atoms in total. The number of hydrogen-bond donors (Lipinski definition) is 1. The number of thiol groups is 1. The maximum atomic E-state index is 5.99. The summed E-state index contributed by atoms with van der Waals surface area (Å²) in [6.07, 6.45) is 3.71. The third-order valence-corrected chi connectivity index (χ3v) is 3.65. The van der Waals surface area contributed by atoms with Crippen LogP contribution in [0.3, 0.4) is 0 Å². The highest BCUT2D eigenvalue weighted by molar-refractivity contribution is 7.75. The third-order valence-electron chi connectivity index (χ3n) is 3.22. The van der Waals surface area contributed by atoms with Gasteiger partial charge in [-0.15, -0.1) is 0 Å². The third kappa shape index (κ3) is 2.87. The zero-order valence-corrected chi connectivity index (χ0v) is 13.3. The molecular weight excluding hydrogens is 306 g/mol.